The molecule has 0 unspecified atom stereocenters. The highest BCUT2D eigenvalue weighted by Gasteiger charge is 2.23. The first-order chi connectivity index (χ1) is 17.0. The monoisotopic (exact) mass is 477 g/mol. The Morgan fingerprint density at radius 1 is 1.17 bits per heavy atom. The van der Waals surface area contributed by atoms with Crippen molar-refractivity contribution in [2.45, 2.75) is 51.0 Å². The van der Waals surface area contributed by atoms with Crippen LogP contribution in [0.25, 0.3) is 11.3 Å². The second-order valence-corrected chi connectivity index (χ2v) is 8.84. The molecule has 0 aliphatic heterocycles. The van der Waals surface area contributed by atoms with Crippen LogP contribution >= 0.6 is 0 Å². The van der Waals surface area contributed by atoms with Crippen LogP contribution < -0.4 is 5.32 Å². The predicted octanol–water partition coefficient (Wildman–Crippen LogP) is 4.15. The lowest BCUT2D eigenvalue weighted by Crippen LogP contribution is -2.31. The number of carbonyl (C=O) groups excluding carboxylic acids is 2. The molecule has 35 heavy (non-hydrogen) atoms. The molecule has 2 atom stereocenters. The number of hydrogen-bond donors (Lipinski definition) is 1. The molecule has 1 amide bonds. The Balaban J connectivity index is 1.36. The third-order valence-electron chi connectivity index (χ3n) is 6.25. The van der Waals surface area contributed by atoms with E-state index in [-0.39, 0.29) is 18.8 Å². The van der Waals surface area contributed by atoms with Crippen LogP contribution in [0.3, 0.4) is 0 Å². The fourth-order valence-corrected chi connectivity index (χ4v) is 4.36. The van der Waals surface area contributed by atoms with Crippen molar-refractivity contribution in [3.05, 3.63) is 65.9 Å². The summed E-state index contributed by atoms with van der Waals surface area (Å²) in [6.45, 7) is 1.07. The van der Waals surface area contributed by atoms with E-state index < -0.39 is 6.09 Å². The summed E-state index contributed by atoms with van der Waals surface area (Å²) >= 11 is 0. The van der Waals surface area contributed by atoms with Crippen molar-refractivity contribution in [1.29, 1.82) is 0 Å². The second-order valence-electron chi connectivity index (χ2n) is 8.84. The van der Waals surface area contributed by atoms with E-state index in [1.165, 1.54) is 4.90 Å². The summed E-state index contributed by atoms with van der Waals surface area (Å²) in [4.78, 5) is 24.7. The zero-order chi connectivity index (χ0) is 24.6. The van der Waals surface area contributed by atoms with Crippen LogP contribution in [-0.4, -0.2) is 51.7 Å². The van der Waals surface area contributed by atoms with Crippen molar-refractivity contribution in [3.63, 3.8) is 0 Å². The molecule has 9 nitrogen and oxygen atoms in total. The van der Waals surface area contributed by atoms with Gasteiger partial charge in [0, 0.05) is 44.4 Å². The first-order valence-electron chi connectivity index (χ1n) is 11.8. The van der Waals surface area contributed by atoms with Gasteiger partial charge in [-0.25, -0.2) is 9.48 Å². The standard InChI is InChI=1S/C26H31N5O4/c1-30(16-19-7-4-3-5-8-19)26(33)34-17-24-25(28-29-31(24)2)20-11-13-21(14-12-20)27-22-9-6-10-23(15-22)35-18-32/h3-5,7-8,11-14,18,22-23,27H,6,9-10,15-17H2,1-2H3/t22-,23-/m0/s1. The van der Waals surface area contributed by atoms with Crippen LogP contribution in [0.5, 0.6) is 0 Å². The van der Waals surface area contributed by atoms with E-state index in [1.54, 1.807) is 18.8 Å². The number of benzene rings is 2. The van der Waals surface area contributed by atoms with Gasteiger partial charge in [-0.2, -0.15) is 0 Å². The molecular formula is C26H31N5O4. The minimum Gasteiger partial charge on any atom is -0.465 e. The molecule has 184 valence electrons. The number of nitrogens with one attached hydrogen (secondary N) is 1. The molecule has 3 aromatic rings. The third kappa shape index (κ3) is 6.38. The largest absolute Gasteiger partial charge is 0.465 e. The van der Waals surface area contributed by atoms with E-state index in [9.17, 15) is 9.59 Å². The highest BCUT2D eigenvalue weighted by Crippen LogP contribution is 2.27. The number of carbonyl (C=O) groups is 2. The van der Waals surface area contributed by atoms with Gasteiger partial charge in [0.25, 0.3) is 6.47 Å². The molecule has 1 fully saturated rings. The van der Waals surface area contributed by atoms with Crippen molar-refractivity contribution >= 4 is 18.3 Å². The summed E-state index contributed by atoms with van der Waals surface area (Å²) in [6.07, 6.45) is 3.35. The molecule has 1 heterocycles. The van der Waals surface area contributed by atoms with Gasteiger partial charge < -0.3 is 19.7 Å². The van der Waals surface area contributed by atoms with E-state index in [4.69, 9.17) is 9.47 Å². The number of nitrogens with zero attached hydrogens (tertiary/aromatic N) is 4. The summed E-state index contributed by atoms with van der Waals surface area (Å²) in [7, 11) is 3.49. The van der Waals surface area contributed by atoms with E-state index >= 15 is 0 Å². The van der Waals surface area contributed by atoms with Crippen molar-refractivity contribution < 1.29 is 19.1 Å². The fourth-order valence-electron chi connectivity index (χ4n) is 4.36. The number of anilines is 1. The first kappa shape index (κ1) is 24.3. The summed E-state index contributed by atoms with van der Waals surface area (Å²) in [6, 6.07) is 18.0. The van der Waals surface area contributed by atoms with E-state index in [2.05, 4.69) is 15.6 Å². The first-order valence-corrected chi connectivity index (χ1v) is 11.8. The Labute approximate surface area is 205 Å². The van der Waals surface area contributed by atoms with Crippen LogP contribution in [-0.2, 0) is 34.5 Å². The summed E-state index contributed by atoms with van der Waals surface area (Å²) in [5, 5.41) is 11.9. The number of ether oxygens (including phenoxy) is 2. The lowest BCUT2D eigenvalue weighted by molar-refractivity contribution is -0.134. The molecule has 1 saturated carbocycles. The molecule has 0 spiro atoms. The molecule has 1 aromatic heterocycles. The summed E-state index contributed by atoms with van der Waals surface area (Å²) in [5.74, 6) is 0. The molecule has 4 rings (SSSR count). The molecule has 0 bridgehead atoms. The van der Waals surface area contributed by atoms with Gasteiger partial charge in [-0.3, -0.25) is 4.79 Å². The highest BCUT2D eigenvalue weighted by atomic mass is 16.6. The maximum atomic E-state index is 12.5. The Bertz CT molecular complexity index is 1120. The van der Waals surface area contributed by atoms with Gasteiger partial charge >= 0.3 is 6.09 Å². The van der Waals surface area contributed by atoms with Crippen LogP contribution in [0.2, 0.25) is 0 Å². The minimum atomic E-state index is -0.412. The molecule has 2 aromatic carbocycles. The van der Waals surface area contributed by atoms with Crippen molar-refractivity contribution in [3.8, 4) is 11.3 Å². The fraction of sp³-hybridized carbons (Fsp3) is 0.385. The smallest absolute Gasteiger partial charge is 0.410 e. The zero-order valence-electron chi connectivity index (χ0n) is 20.1. The van der Waals surface area contributed by atoms with Gasteiger partial charge in [0.1, 0.15) is 24.1 Å². The second kappa shape index (κ2) is 11.5. The zero-order valence-corrected chi connectivity index (χ0v) is 20.1. The molecule has 9 heteroatoms. The van der Waals surface area contributed by atoms with Gasteiger partial charge in [0.05, 0.1) is 0 Å². The molecule has 0 radical (unpaired) electrons. The Morgan fingerprint density at radius 2 is 1.94 bits per heavy atom. The van der Waals surface area contributed by atoms with Gasteiger partial charge in [-0.15, -0.1) is 5.10 Å². The lowest BCUT2D eigenvalue weighted by atomic mass is 9.92. The Kier molecular flexibility index (Phi) is 7.97. The van der Waals surface area contributed by atoms with Gasteiger partial charge in [-0.1, -0.05) is 47.7 Å². The predicted molar refractivity (Wildman–Crippen MR) is 131 cm³/mol. The number of hydrogen-bond acceptors (Lipinski definition) is 7. The quantitative estimate of drug-likeness (QED) is 0.462. The summed E-state index contributed by atoms with van der Waals surface area (Å²) in [5.41, 5.74) is 4.30. The molecule has 1 N–H and O–H groups in total. The maximum absolute atomic E-state index is 12.5. The topological polar surface area (TPSA) is 98.6 Å². The number of rotatable bonds is 9. The van der Waals surface area contributed by atoms with Gasteiger partial charge in [0.2, 0.25) is 0 Å². The number of amides is 1. The van der Waals surface area contributed by atoms with Crippen LogP contribution in [0.4, 0.5) is 10.5 Å². The van der Waals surface area contributed by atoms with Crippen molar-refractivity contribution in [2.24, 2.45) is 7.05 Å². The van der Waals surface area contributed by atoms with Crippen LogP contribution in [0, 0.1) is 0 Å². The Hall–Kier alpha value is -3.88. The molecule has 1 aliphatic carbocycles. The minimum absolute atomic E-state index is 0.0189. The van der Waals surface area contributed by atoms with Crippen LogP contribution in [0.1, 0.15) is 36.9 Å². The number of aromatic nitrogens is 3. The molecule has 0 saturated heterocycles. The van der Waals surface area contributed by atoms with Gasteiger partial charge in [0.15, 0.2) is 0 Å². The summed E-state index contributed by atoms with van der Waals surface area (Å²) < 4.78 is 12.3. The third-order valence-corrected chi connectivity index (χ3v) is 6.25. The number of aryl methyl sites for hydroxylation is 1. The molecule has 1 aliphatic rings. The van der Waals surface area contributed by atoms with E-state index in [0.29, 0.717) is 24.4 Å². The highest BCUT2D eigenvalue weighted by molar-refractivity contribution is 5.68. The van der Waals surface area contributed by atoms with Gasteiger partial charge in [-0.05, 0) is 37.0 Å². The Morgan fingerprint density at radius 3 is 2.69 bits per heavy atom. The lowest BCUT2D eigenvalue weighted by Gasteiger charge is -2.29. The van der Waals surface area contributed by atoms with E-state index in [0.717, 1.165) is 42.5 Å². The van der Waals surface area contributed by atoms with Crippen LogP contribution in [0.15, 0.2) is 54.6 Å². The maximum Gasteiger partial charge on any atom is 0.410 e. The van der Waals surface area contributed by atoms with Crippen molar-refractivity contribution in [2.75, 3.05) is 12.4 Å². The average Bonchev–Trinajstić information content (AvgIpc) is 3.24. The average molecular weight is 478 g/mol. The van der Waals surface area contributed by atoms with E-state index in [1.807, 2.05) is 54.6 Å². The molecular weight excluding hydrogens is 446 g/mol. The normalized spacial score (nSPS) is 17.4. The SMILES string of the molecule is CN(Cc1ccccc1)C(=O)OCc1c(-c2ccc(N[C@H]3CCC[C@H](OC=O)C3)cc2)nnn1C. The van der Waals surface area contributed by atoms with Crippen molar-refractivity contribution in [1.82, 2.24) is 19.9 Å².